The standard InChI is InChI=1S/C33H56O3/c1-6-18-33(36,19-7-2)21-10-8-9-12-24(3)29-16-17-30-26(13-11-20-32(29,30)5)14-15-27-22-28(34)23-31(35)25(27)4/h14-15,24,28-31,34-36H,4,6-13,16-23H2,1-3,5H3/b26-14+,27-15+/t24-,28-,29-,30+,31+,32-/m1/s1. The molecule has 0 aliphatic heterocycles. The Morgan fingerprint density at radius 1 is 1.06 bits per heavy atom. The van der Waals surface area contributed by atoms with Gasteiger partial charge in [0.25, 0.3) is 0 Å². The van der Waals surface area contributed by atoms with E-state index in [1.54, 1.807) is 5.57 Å². The molecule has 3 nitrogen and oxygen atoms in total. The van der Waals surface area contributed by atoms with Crippen LogP contribution in [0.4, 0.5) is 0 Å². The number of fused-ring (bicyclic) bond motifs is 1. The van der Waals surface area contributed by atoms with Gasteiger partial charge >= 0.3 is 0 Å². The number of hydrogen-bond donors (Lipinski definition) is 3. The largest absolute Gasteiger partial charge is 0.393 e. The van der Waals surface area contributed by atoms with Crippen LogP contribution < -0.4 is 0 Å². The Morgan fingerprint density at radius 2 is 1.78 bits per heavy atom. The van der Waals surface area contributed by atoms with Crippen molar-refractivity contribution in [1.29, 1.82) is 0 Å². The molecule has 6 atom stereocenters. The van der Waals surface area contributed by atoms with Crippen LogP contribution in [0.2, 0.25) is 0 Å². The van der Waals surface area contributed by atoms with Gasteiger partial charge in [0, 0.05) is 6.42 Å². The van der Waals surface area contributed by atoms with Crippen LogP contribution in [0.1, 0.15) is 130 Å². The highest BCUT2D eigenvalue weighted by Gasteiger charge is 2.50. The normalized spacial score (nSPS) is 34.4. The third-order valence-corrected chi connectivity index (χ3v) is 10.2. The lowest BCUT2D eigenvalue weighted by atomic mass is 9.60. The van der Waals surface area contributed by atoms with Crippen LogP contribution in [0.5, 0.6) is 0 Å². The molecule has 0 saturated heterocycles. The Kier molecular flexibility index (Phi) is 10.9. The topological polar surface area (TPSA) is 60.7 Å². The van der Waals surface area contributed by atoms with Gasteiger partial charge in [-0.2, -0.15) is 0 Å². The summed E-state index contributed by atoms with van der Waals surface area (Å²) in [6, 6.07) is 0. The molecule has 3 heteroatoms. The molecule has 3 rings (SSSR count). The molecule has 3 saturated carbocycles. The van der Waals surface area contributed by atoms with Crippen molar-refractivity contribution in [2.24, 2.45) is 23.2 Å². The van der Waals surface area contributed by atoms with Gasteiger partial charge in [0.05, 0.1) is 17.8 Å². The molecule has 3 aliphatic rings. The minimum absolute atomic E-state index is 0.396. The molecule has 0 aromatic rings. The van der Waals surface area contributed by atoms with Crippen LogP contribution in [0.15, 0.2) is 35.5 Å². The molecule has 3 N–H and O–H groups in total. The van der Waals surface area contributed by atoms with Crippen LogP contribution in [0, 0.1) is 23.2 Å². The number of unbranched alkanes of at least 4 members (excludes halogenated alkanes) is 2. The molecule has 0 amide bonds. The Bertz CT molecular complexity index is 774. The van der Waals surface area contributed by atoms with Crippen molar-refractivity contribution >= 4 is 0 Å². The zero-order valence-electron chi connectivity index (χ0n) is 23.9. The summed E-state index contributed by atoms with van der Waals surface area (Å²) in [5.74, 6) is 2.22. The number of allylic oxidation sites excluding steroid dienone is 3. The van der Waals surface area contributed by atoms with E-state index in [0.29, 0.717) is 24.2 Å². The molecule has 0 unspecified atom stereocenters. The average molecular weight is 501 g/mol. The van der Waals surface area contributed by atoms with E-state index < -0.39 is 17.8 Å². The smallest absolute Gasteiger partial charge is 0.0811 e. The highest BCUT2D eigenvalue weighted by molar-refractivity contribution is 5.38. The van der Waals surface area contributed by atoms with Gasteiger partial charge in [0.1, 0.15) is 0 Å². The van der Waals surface area contributed by atoms with Crippen molar-refractivity contribution in [3.63, 3.8) is 0 Å². The second-order valence-electron chi connectivity index (χ2n) is 13.0. The molecule has 3 aliphatic carbocycles. The van der Waals surface area contributed by atoms with E-state index in [0.717, 1.165) is 61.5 Å². The van der Waals surface area contributed by atoms with Gasteiger partial charge in [-0.15, -0.1) is 0 Å². The molecule has 0 heterocycles. The van der Waals surface area contributed by atoms with Crippen LogP contribution in [0.25, 0.3) is 0 Å². The highest BCUT2D eigenvalue weighted by atomic mass is 16.3. The minimum Gasteiger partial charge on any atom is -0.393 e. The van der Waals surface area contributed by atoms with E-state index in [1.165, 1.54) is 51.4 Å². The lowest BCUT2D eigenvalue weighted by molar-refractivity contribution is 0.0103. The van der Waals surface area contributed by atoms with E-state index in [-0.39, 0.29) is 0 Å². The first-order valence-corrected chi connectivity index (χ1v) is 15.3. The van der Waals surface area contributed by atoms with Crippen LogP contribution in [-0.4, -0.2) is 33.1 Å². The van der Waals surface area contributed by atoms with Gasteiger partial charge in [-0.25, -0.2) is 0 Å². The first-order chi connectivity index (χ1) is 17.1. The predicted molar refractivity (Wildman–Crippen MR) is 152 cm³/mol. The SMILES string of the molecule is C=C1/C(=C/C=C2\CCC[C@]3(C)[C@@H]([C@H](C)CCCCCC(O)(CCC)CCC)CC[C@@H]23)C[C@@H](O)C[C@@H]1O. The maximum atomic E-state index is 10.9. The maximum Gasteiger partial charge on any atom is 0.0811 e. The number of hydrogen-bond acceptors (Lipinski definition) is 3. The van der Waals surface area contributed by atoms with Gasteiger partial charge in [0.15, 0.2) is 0 Å². The van der Waals surface area contributed by atoms with Crippen LogP contribution >= 0.6 is 0 Å². The summed E-state index contributed by atoms with van der Waals surface area (Å²) in [5, 5.41) is 31.2. The summed E-state index contributed by atoms with van der Waals surface area (Å²) < 4.78 is 0. The maximum absolute atomic E-state index is 10.9. The van der Waals surface area contributed by atoms with E-state index >= 15 is 0 Å². The van der Waals surface area contributed by atoms with Crippen molar-refractivity contribution < 1.29 is 15.3 Å². The van der Waals surface area contributed by atoms with E-state index in [9.17, 15) is 15.3 Å². The molecule has 0 bridgehead atoms. The third kappa shape index (κ3) is 7.14. The molecule has 0 aromatic carbocycles. The van der Waals surface area contributed by atoms with E-state index in [2.05, 4.69) is 46.4 Å². The molecule has 0 radical (unpaired) electrons. The summed E-state index contributed by atoms with van der Waals surface area (Å²) in [5.41, 5.74) is 3.36. The van der Waals surface area contributed by atoms with Crippen molar-refractivity contribution in [3.8, 4) is 0 Å². The van der Waals surface area contributed by atoms with E-state index in [1.807, 2.05) is 0 Å². The third-order valence-electron chi connectivity index (χ3n) is 10.2. The second kappa shape index (κ2) is 13.3. The summed E-state index contributed by atoms with van der Waals surface area (Å²) in [6.07, 6.45) is 20.9. The fourth-order valence-corrected chi connectivity index (χ4v) is 8.28. The molecular weight excluding hydrogens is 444 g/mol. The Balaban J connectivity index is 1.55. The summed E-state index contributed by atoms with van der Waals surface area (Å²) in [6.45, 7) is 13.5. The number of aliphatic hydroxyl groups excluding tert-OH is 2. The van der Waals surface area contributed by atoms with Crippen molar-refractivity contribution in [1.82, 2.24) is 0 Å². The molecular formula is C33H56O3. The Morgan fingerprint density at radius 3 is 2.47 bits per heavy atom. The highest BCUT2D eigenvalue weighted by Crippen LogP contribution is 2.60. The summed E-state index contributed by atoms with van der Waals surface area (Å²) in [7, 11) is 0. The predicted octanol–water partition coefficient (Wildman–Crippen LogP) is 8.05. The first kappa shape index (κ1) is 29.7. The Hall–Kier alpha value is -0.900. The monoisotopic (exact) mass is 500 g/mol. The van der Waals surface area contributed by atoms with Gasteiger partial charge in [0.2, 0.25) is 0 Å². The van der Waals surface area contributed by atoms with Crippen LogP contribution in [0.3, 0.4) is 0 Å². The zero-order chi connectivity index (χ0) is 26.3. The summed E-state index contributed by atoms with van der Waals surface area (Å²) in [4.78, 5) is 0. The van der Waals surface area contributed by atoms with Crippen molar-refractivity contribution in [3.05, 3.63) is 35.5 Å². The lowest BCUT2D eigenvalue weighted by Crippen LogP contribution is -2.36. The minimum atomic E-state index is -0.612. The van der Waals surface area contributed by atoms with Gasteiger partial charge in [-0.1, -0.05) is 90.5 Å². The molecule has 36 heavy (non-hydrogen) atoms. The van der Waals surface area contributed by atoms with Crippen molar-refractivity contribution in [2.75, 3.05) is 0 Å². The van der Waals surface area contributed by atoms with Gasteiger partial charge in [-0.3, -0.25) is 0 Å². The van der Waals surface area contributed by atoms with Crippen LogP contribution in [-0.2, 0) is 0 Å². The first-order valence-electron chi connectivity index (χ1n) is 15.3. The molecule has 0 aromatic heterocycles. The zero-order valence-corrected chi connectivity index (χ0v) is 23.9. The quantitative estimate of drug-likeness (QED) is 0.238. The van der Waals surface area contributed by atoms with Crippen molar-refractivity contribution in [2.45, 2.75) is 148 Å². The fraction of sp³-hybridized carbons (Fsp3) is 0.818. The summed E-state index contributed by atoms with van der Waals surface area (Å²) >= 11 is 0. The van der Waals surface area contributed by atoms with Gasteiger partial charge < -0.3 is 15.3 Å². The second-order valence-corrected chi connectivity index (χ2v) is 13.0. The molecule has 3 fully saturated rings. The fourth-order valence-electron chi connectivity index (χ4n) is 8.28. The molecule has 0 spiro atoms. The average Bonchev–Trinajstić information content (AvgIpc) is 3.18. The van der Waals surface area contributed by atoms with Gasteiger partial charge in [-0.05, 0) is 92.1 Å². The molecule has 206 valence electrons. The lowest BCUT2D eigenvalue weighted by Gasteiger charge is -2.44. The van der Waals surface area contributed by atoms with E-state index in [4.69, 9.17) is 0 Å². The number of rotatable bonds is 12. The number of aliphatic hydroxyl groups is 3. The Labute approximate surface area is 222 Å².